The predicted molar refractivity (Wildman–Crippen MR) is 116 cm³/mol. The molecule has 7 nitrogen and oxygen atoms in total. The Morgan fingerprint density at radius 2 is 1.85 bits per heavy atom. The number of anilines is 1. The van der Waals surface area contributed by atoms with E-state index in [1.54, 1.807) is 36.4 Å². The Balaban J connectivity index is 1.76. The monoisotopic (exact) mass is 453 g/mol. The van der Waals surface area contributed by atoms with Crippen LogP contribution in [0.25, 0.3) is 10.9 Å². The lowest BCUT2D eigenvalue weighted by Gasteiger charge is -2.22. The molecular formula is C23H18F3N5O2. The minimum atomic E-state index is -4.67. The molecule has 3 aromatic heterocycles. The molecule has 0 fully saturated rings. The number of carbonyl (C=O) groups is 1. The molecular weight excluding hydrogens is 435 g/mol. The number of carbonyl (C=O) groups excluding carboxylic acids is 1. The second-order valence-electron chi connectivity index (χ2n) is 7.03. The second-order valence-corrected chi connectivity index (χ2v) is 7.03. The van der Waals surface area contributed by atoms with Gasteiger partial charge in [0, 0.05) is 30.0 Å². The molecule has 2 amide bonds. The number of hydrogen-bond acceptors (Lipinski definition) is 5. The summed E-state index contributed by atoms with van der Waals surface area (Å²) in [7, 11) is 1.52. The molecule has 33 heavy (non-hydrogen) atoms. The molecule has 168 valence electrons. The molecule has 0 aliphatic heterocycles. The minimum absolute atomic E-state index is 0.332. The Kier molecular flexibility index (Phi) is 6.07. The van der Waals surface area contributed by atoms with Gasteiger partial charge in [0.15, 0.2) is 0 Å². The molecule has 2 N–H and O–H groups in total. The van der Waals surface area contributed by atoms with E-state index < -0.39 is 23.8 Å². The van der Waals surface area contributed by atoms with E-state index in [9.17, 15) is 18.0 Å². The first-order valence-electron chi connectivity index (χ1n) is 9.78. The van der Waals surface area contributed by atoms with Gasteiger partial charge >= 0.3 is 12.2 Å². The number of rotatable bonds is 5. The Morgan fingerprint density at radius 1 is 1.03 bits per heavy atom. The molecule has 3 heterocycles. The van der Waals surface area contributed by atoms with Gasteiger partial charge in [0.1, 0.15) is 11.8 Å². The van der Waals surface area contributed by atoms with Gasteiger partial charge < -0.3 is 15.4 Å². The number of halogens is 3. The Morgan fingerprint density at radius 3 is 2.58 bits per heavy atom. The van der Waals surface area contributed by atoms with Crippen molar-refractivity contribution < 1.29 is 22.7 Å². The number of methoxy groups -OCH3 is 1. The maximum Gasteiger partial charge on any atom is 0.418 e. The smallest absolute Gasteiger partial charge is 0.418 e. The zero-order chi connectivity index (χ0) is 23.4. The van der Waals surface area contributed by atoms with Crippen molar-refractivity contribution in [2.24, 2.45) is 0 Å². The lowest BCUT2D eigenvalue weighted by Crippen LogP contribution is -2.35. The van der Waals surface area contributed by atoms with Gasteiger partial charge in [-0.15, -0.1) is 0 Å². The summed E-state index contributed by atoms with van der Waals surface area (Å²) in [5, 5.41) is 5.82. The number of aromatic nitrogens is 3. The van der Waals surface area contributed by atoms with Gasteiger partial charge in [-0.3, -0.25) is 15.0 Å². The van der Waals surface area contributed by atoms with E-state index in [-0.39, 0.29) is 5.69 Å². The Labute approximate surface area is 186 Å². The molecule has 0 bridgehead atoms. The van der Waals surface area contributed by atoms with Gasteiger partial charge in [-0.1, -0.05) is 0 Å². The summed E-state index contributed by atoms with van der Waals surface area (Å²) >= 11 is 0. The number of amides is 2. The highest BCUT2D eigenvalue weighted by molar-refractivity contribution is 5.89. The first-order valence-corrected chi connectivity index (χ1v) is 9.78. The number of nitrogens with zero attached hydrogens (tertiary/aromatic N) is 3. The first-order chi connectivity index (χ1) is 15.8. The van der Waals surface area contributed by atoms with Gasteiger partial charge in [-0.05, 0) is 48.0 Å². The fourth-order valence-corrected chi connectivity index (χ4v) is 3.33. The molecule has 0 aliphatic rings. The van der Waals surface area contributed by atoms with Gasteiger partial charge in [0.05, 0.1) is 35.8 Å². The SMILES string of the molecule is COc1ccc2cc([C@H](NC(=O)Nc3cccnc3)c3ncccc3C(F)(F)F)cnc2c1. The van der Waals surface area contributed by atoms with Crippen molar-refractivity contribution in [1.29, 1.82) is 0 Å². The number of fused-ring (bicyclic) bond motifs is 1. The van der Waals surface area contributed by atoms with Gasteiger partial charge in [0.2, 0.25) is 0 Å². The number of alkyl halides is 3. The van der Waals surface area contributed by atoms with Gasteiger partial charge in [-0.2, -0.15) is 13.2 Å². The van der Waals surface area contributed by atoms with Crippen LogP contribution in [0.1, 0.15) is 22.9 Å². The largest absolute Gasteiger partial charge is 0.497 e. The summed E-state index contributed by atoms with van der Waals surface area (Å²) in [6.07, 6.45) is 0.941. The highest BCUT2D eigenvalue weighted by atomic mass is 19.4. The van der Waals surface area contributed by atoms with Crippen molar-refractivity contribution in [1.82, 2.24) is 20.3 Å². The van der Waals surface area contributed by atoms with Crippen LogP contribution in [0.2, 0.25) is 0 Å². The molecule has 1 aromatic carbocycles. The van der Waals surface area contributed by atoms with Crippen LogP contribution >= 0.6 is 0 Å². The van der Waals surface area contributed by atoms with Crippen LogP contribution in [-0.4, -0.2) is 28.1 Å². The molecule has 0 spiro atoms. The van der Waals surface area contributed by atoms with Crippen molar-refractivity contribution in [3.8, 4) is 5.75 Å². The van der Waals surface area contributed by atoms with E-state index in [1.165, 1.54) is 38.0 Å². The molecule has 1 atom stereocenters. The molecule has 0 unspecified atom stereocenters. The van der Waals surface area contributed by atoms with E-state index in [0.29, 0.717) is 27.9 Å². The summed E-state index contributed by atoms with van der Waals surface area (Å²) in [5.74, 6) is 0.595. The highest BCUT2D eigenvalue weighted by Gasteiger charge is 2.37. The highest BCUT2D eigenvalue weighted by Crippen LogP contribution is 2.36. The Bertz CT molecular complexity index is 1280. The van der Waals surface area contributed by atoms with Crippen LogP contribution in [0.4, 0.5) is 23.7 Å². The third kappa shape index (κ3) is 5.00. The lowest BCUT2D eigenvalue weighted by atomic mass is 9.99. The van der Waals surface area contributed by atoms with E-state index >= 15 is 0 Å². The zero-order valence-corrected chi connectivity index (χ0v) is 17.3. The average molecular weight is 453 g/mol. The van der Waals surface area contributed by atoms with Crippen LogP contribution < -0.4 is 15.4 Å². The third-order valence-electron chi connectivity index (χ3n) is 4.86. The first kappa shape index (κ1) is 22.0. The molecule has 4 rings (SSSR count). The number of benzene rings is 1. The molecule has 0 radical (unpaired) electrons. The molecule has 0 saturated heterocycles. The van der Waals surface area contributed by atoms with Crippen molar-refractivity contribution >= 4 is 22.6 Å². The maximum absolute atomic E-state index is 13.7. The van der Waals surface area contributed by atoms with Crippen molar-refractivity contribution in [3.63, 3.8) is 0 Å². The maximum atomic E-state index is 13.7. The average Bonchev–Trinajstić information content (AvgIpc) is 2.82. The molecule has 0 aliphatic carbocycles. The van der Waals surface area contributed by atoms with Crippen LogP contribution in [0.5, 0.6) is 5.75 Å². The van der Waals surface area contributed by atoms with Crippen LogP contribution in [-0.2, 0) is 6.18 Å². The Hall–Kier alpha value is -4.21. The van der Waals surface area contributed by atoms with Gasteiger partial charge in [-0.25, -0.2) is 4.79 Å². The summed E-state index contributed by atoms with van der Waals surface area (Å²) in [6.45, 7) is 0. The quantitative estimate of drug-likeness (QED) is 0.446. The molecule has 4 aromatic rings. The fraction of sp³-hybridized carbons (Fsp3) is 0.130. The van der Waals surface area contributed by atoms with E-state index in [0.717, 1.165) is 6.07 Å². The normalized spacial score (nSPS) is 12.2. The standard InChI is InChI=1S/C23H18F3N5O2/c1-33-17-7-6-14-10-15(12-29-19(14)11-17)20(21-18(23(24,25)26)5-3-9-28-21)31-22(32)30-16-4-2-8-27-13-16/h2-13,20H,1H3,(H2,30,31,32)/t20-/m0/s1. The summed E-state index contributed by atoms with van der Waals surface area (Å²) in [6, 6.07) is 10.2. The van der Waals surface area contributed by atoms with E-state index in [4.69, 9.17) is 4.74 Å². The van der Waals surface area contributed by atoms with Crippen molar-refractivity contribution in [2.45, 2.75) is 12.2 Å². The number of pyridine rings is 3. The lowest BCUT2D eigenvalue weighted by molar-refractivity contribution is -0.138. The molecule has 10 heteroatoms. The number of urea groups is 1. The van der Waals surface area contributed by atoms with Crippen LogP contribution in [0.15, 0.2) is 73.3 Å². The predicted octanol–water partition coefficient (Wildman–Crippen LogP) is 4.96. The number of ether oxygens (including phenoxy) is 1. The van der Waals surface area contributed by atoms with Crippen molar-refractivity contribution in [3.05, 3.63) is 90.1 Å². The fourth-order valence-electron chi connectivity index (χ4n) is 3.33. The topological polar surface area (TPSA) is 89.0 Å². The van der Waals surface area contributed by atoms with Crippen molar-refractivity contribution in [2.75, 3.05) is 12.4 Å². The minimum Gasteiger partial charge on any atom is -0.497 e. The van der Waals surface area contributed by atoms with Crippen LogP contribution in [0, 0.1) is 0 Å². The second kappa shape index (κ2) is 9.11. The van der Waals surface area contributed by atoms with E-state index in [2.05, 4.69) is 25.6 Å². The number of nitrogens with one attached hydrogen (secondary N) is 2. The summed E-state index contributed by atoms with van der Waals surface area (Å²) in [5.41, 5.74) is 0.00832. The summed E-state index contributed by atoms with van der Waals surface area (Å²) < 4.78 is 46.4. The summed E-state index contributed by atoms with van der Waals surface area (Å²) in [4.78, 5) is 24.9. The third-order valence-corrected chi connectivity index (χ3v) is 4.86. The van der Waals surface area contributed by atoms with Crippen LogP contribution in [0.3, 0.4) is 0 Å². The number of hydrogen-bond donors (Lipinski definition) is 2. The zero-order valence-electron chi connectivity index (χ0n) is 17.3. The van der Waals surface area contributed by atoms with Gasteiger partial charge in [0.25, 0.3) is 0 Å². The molecule has 0 saturated carbocycles. The van der Waals surface area contributed by atoms with E-state index in [1.807, 2.05) is 0 Å².